The number of nitrogens with one attached hydrogen (secondary N) is 2. The molecule has 0 aromatic heterocycles. The van der Waals surface area contributed by atoms with Gasteiger partial charge in [0, 0.05) is 5.69 Å². The third-order valence-corrected chi connectivity index (χ3v) is 2.37. The molecule has 1 rings (SSSR count). The van der Waals surface area contributed by atoms with Gasteiger partial charge in [0.1, 0.15) is 5.82 Å². The molecule has 0 aliphatic carbocycles. The maximum absolute atomic E-state index is 13.4. The van der Waals surface area contributed by atoms with Crippen molar-refractivity contribution in [2.24, 2.45) is 0 Å². The number of rotatable bonds is 6. The Balaban J connectivity index is 2.69. The van der Waals surface area contributed by atoms with Crippen LogP contribution >= 0.6 is 0 Å². The Hall–Kier alpha value is -1.95. The summed E-state index contributed by atoms with van der Waals surface area (Å²) in [5.74, 6) is -1.72. The van der Waals surface area contributed by atoms with Gasteiger partial charge in [-0.25, -0.2) is 9.18 Å². The predicted molar refractivity (Wildman–Crippen MR) is 69.5 cm³/mol. The number of amides is 1. The Labute approximate surface area is 111 Å². The topological polar surface area (TPSA) is 67.4 Å². The van der Waals surface area contributed by atoms with Gasteiger partial charge in [0.15, 0.2) is 0 Å². The van der Waals surface area contributed by atoms with E-state index in [0.717, 1.165) is 19.0 Å². The number of hydrogen-bond acceptors (Lipinski definition) is 4. The van der Waals surface area contributed by atoms with Gasteiger partial charge in [0.05, 0.1) is 19.2 Å². The van der Waals surface area contributed by atoms with Crippen molar-refractivity contribution in [3.8, 4) is 0 Å². The lowest BCUT2D eigenvalue weighted by atomic mass is 10.2. The number of benzene rings is 1. The Kier molecular flexibility index (Phi) is 5.95. The van der Waals surface area contributed by atoms with Crippen LogP contribution < -0.4 is 10.6 Å². The van der Waals surface area contributed by atoms with Crippen molar-refractivity contribution < 1.29 is 18.7 Å². The van der Waals surface area contributed by atoms with Crippen LogP contribution in [0.15, 0.2) is 18.2 Å². The molecule has 0 saturated carbocycles. The van der Waals surface area contributed by atoms with Crippen LogP contribution in [0.2, 0.25) is 0 Å². The van der Waals surface area contributed by atoms with E-state index >= 15 is 0 Å². The minimum Gasteiger partial charge on any atom is -0.465 e. The lowest BCUT2D eigenvalue weighted by Gasteiger charge is -2.08. The summed E-state index contributed by atoms with van der Waals surface area (Å²) < 4.78 is 17.8. The lowest BCUT2D eigenvalue weighted by molar-refractivity contribution is -0.115. The van der Waals surface area contributed by atoms with E-state index < -0.39 is 11.8 Å². The third kappa shape index (κ3) is 4.67. The maximum Gasteiger partial charge on any atom is 0.340 e. The van der Waals surface area contributed by atoms with Crippen LogP contribution in [-0.4, -0.2) is 32.1 Å². The number of esters is 1. The summed E-state index contributed by atoms with van der Waals surface area (Å²) in [5.41, 5.74) is 0.145. The van der Waals surface area contributed by atoms with Crippen LogP contribution in [0.4, 0.5) is 10.1 Å². The molecule has 2 N–H and O–H groups in total. The van der Waals surface area contributed by atoms with Gasteiger partial charge in [0.25, 0.3) is 0 Å². The van der Waals surface area contributed by atoms with Gasteiger partial charge in [-0.3, -0.25) is 4.79 Å². The minimum absolute atomic E-state index is 0.165. The highest BCUT2D eigenvalue weighted by molar-refractivity contribution is 5.95. The average molecular weight is 268 g/mol. The van der Waals surface area contributed by atoms with Crippen molar-refractivity contribution in [2.45, 2.75) is 13.3 Å². The first-order valence-electron chi connectivity index (χ1n) is 5.97. The normalized spacial score (nSPS) is 10.1. The SMILES string of the molecule is CCCNCC(=O)Nc1ccc(F)c(C(=O)OC)c1. The van der Waals surface area contributed by atoms with Crippen molar-refractivity contribution in [2.75, 3.05) is 25.5 Å². The van der Waals surface area contributed by atoms with Crippen LogP contribution in [0.1, 0.15) is 23.7 Å². The number of anilines is 1. The van der Waals surface area contributed by atoms with E-state index in [1.54, 1.807) is 0 Å². The summed E-state index contributed by atoms with van der Waals surface area (Å²) in [6.45, 7) is 2.90. The summed E-state index contributed by atoms with van der Waals surface area (Å²) in [4.78, 5) is 22.8. The number of carbonyl (C=O) groups excluding carboxylic acids is 2. The molecule has 0 aliphatic rings. The Bertz CT molecular complexity index is 463. The van der Waals surface area contributed by atoms with Crippen LogP contribution in [0, 0.1) is 5.82 Å². The van der Waals surface area contributed by atoms with Gasteiger partial charge in [-0.2, -0.15) is 0 Å². The summed E-state index contributed by atoms with van der Waals surface area (Å²) in [7, 11) is 1.17. The molecular formula is C13H17FN2O3. The van der Waals surface area contributed by atoms with Gasteiger partial charge in [-0.15, -0.1) is 0 Å². The molecule has 0 saturated heterocycles. The van der Waals surface area contributed by atoms with E-state index in [1.807, 2.05) is 6.92 Å². The predicted octanol–water partition coefficient (Wildman–Crippen LogP) is 1.55. The molecule has 0 fully saturated rings. The van der Waals surface area contributed by atoms with E-state index in [9.17, 15) is 14.0 Å². The zero-order valence-electron chi connectivity index (χ0n) is 11.0. The zero-order chi connectivity index (χ0) is 14.3. The van der Waals surface area contributed by atoms with Gasteiger partial charge < -0.3 is 15.4 Å². The van der Waals surface area contributed by atoms with E-state index in [-0.39, 0.29) is 18.0 Å². The fourth-order valence-electron chi connectivity index (χ4n) is 1.45. The molecule has 0 spiro atoms. The molecule has 0 heterocycles. The fraction of sp³-hybridized carbons (Fsp3) is 0.385. The van der Waals surface area contributed by atoms with Crippen LogP contribution in [0.25, 0.3) is 0 Å². The van der Waals surface area contributed by atoms with Crippen molar-refractivity contribution in [3.05, 3.63) is 29.6 Å². The number of ether oxygens (including phenoxy) is 1. The van der Waals surface area contributed by atoms with Gasteiger partial charge in [-0.05, 0) is 31.2 Å². The second-order valence-corrected chi connectivity index (χ2v) is 3.91. The second-order valence-electron chi connectivity index (χ2n) is 3.91. The molecule has 0 radical (unpaired) electrons. The number of methoxy groups -OCH3 is 1. The highest BCUT2D eigenvalue weighted by atomic mass is 19.1. The smallest absolute Gasteiger partial charge is 0.340 e. The molecule has 5 nitrogen and oxygen atoms in total. The first kappa shape index (κ1) is 15.1. The van der Waals surface area contributed by atoms with Crippen LogP contribution in [0.3, 0.4) is 0 Å². The Morgan fingerprint density at radius 1 is 1.37 bits per heavy atom. The van der Waals surface area contributed by atoms with Crippen molar-refractivity contribution in [1.82, 2.24) is 5.32 Å². The molecule has 1 amide bonds. The van der Waals surface area contributed by atoms with E-state index in [2.05, 4.69) is 15.4 Å². The average Bonchev–Trinajstić information content (AvgIpc) is 2.40. The third-order valence-electron chi connectivity index (χ3n) is 2.37. The van der Waals surface area contributed by atoms with E-state index in [0.29, 0.717) is 5.69 Å². The zero-order valence-corrected chi connectivity index (χ0v) is 11.0. The van der Waals surface area contributed by atoms with Gasteiger partial charge in [-0.1, -0.05) is 6.92 Å². The number of hydrogen-bond donors (Lipinski definition) is 2. The molecule has 19 heavy (non-hydrogen) atoms. The molecule has 1 aromatic carbocycles. The molecule has 104 valence electrons. The van der Waals surface area contributed by atoms with Crippen molar-refractivity contribution in [3.63, 3.8) is 0 Å². The standard InChI is InChI=1S/C13H17FN2O3/c1-3-6-15-8-12(17)16-9-4-5-11(14)10(7-9)13(18)19-2/h4-5,7,15H,3,6,8H2,1-2H3,(H,16,17). The summed E-state index contributed by atoms with van der Waals surface area (Å²) in [6, 6.07) is 3.75. The number of carbonyl (C=O) groups is 2. The largest absolute Gasteiger partial charge is 0.465 e. The van der Waals surface area contributed by atoms with Crippen LogP contribution in [0.5, 0.6) is 0 Å². The monoisotopic (exact) mass is 268 g/mol. The molecule has 1 aromatic rings. The first-order valence-corrected chi connectivity index (χ1v) is 5.97. The quantitative estimate of drug-likeness (QED) is 0.607. The summed E-state index contributed by atoms with van der Waals surface area (Å²) in [6.07, 6.45) is 0.927. The van der Waals surface area contributed by atoms with Crippen molar-refractivity contribution in [1.29, 1.82) is 0 Å². The highest BCUT2D eigenvalue weighted by Crippen LogP contribution is 2.15. The number of halogens is 1. The van der Waals surface area contributed by atoms with Crippen molar-refractivity contribution >= 4 is 17.6 Å². The summed E-state index contributed by atoms with van der Waals surface area (Å²) >= 11 is 0. The first-order chi connectivity index (χ1) is 9.08. The molecular weight excluding hydrogens is 251 g/mol. The van der Waals surface area contributed by atoms with Gasteiger partial charge in [0.2, 0.25) is 5.91 Å². The summed E-state index contributed by atoms with van der Waals surface area (Å²) in [5, 5.41) is 5.51. The molecule has 0 unspecified atom stereocenters. The Morgan fingerprint density at radius 2 is 2.11 bits per heavy atom. The molecule has 0 aliphatic heterocycles. The highest BCUT2D eigenvalue weighted by Gasteiger charge is 2.13. The second kappa shape index (κ2) is 7.48. The maximum atomic E-state index is 13.4. The van der Waals surface area contributed by atoms with Gasteiger partial charge >= 0.3 is 5.97 Å². The fourth-order valence-corrected chi connectivity index (χ4v) is 1.45. The molecule has 0 atom stereocenters. The molecule has 0 bridgehead atoms. The van der Waals surface area contributed by atoms with E-state index in [1.165, 1.54) is 19.2 Å². The lowest BCUT2D eigenvalue weighted by Crippen LogP contribution is -2.28. The minimum atomic E-state index is -0.780. The van der Waals surface area contributed by atoms with Crippen LogP contribution in [-0.2, 0) is 9.53 Å². The molecule has 6 heteroatoms. The van der Waals surface area contributed by atoms with E-state index in [4.69, 9.17) is 0 Å². The Morgan fingerprint density at radius 3 is 2.74 bits per heavy atom.